The Hall–Kier alpha value is 0.320. The zero-order chi connectivity index (χ0) is 8.98. The van der Waals surface area contributed by atoms with Crippen molar-refractivity contribution in [2.24, 2.45) is 0 Å². The number of nitrogens with zero attached hydrogens (tertiary/aromatic N) is 2. The summed E-state index contributed by atoms with van der Waals surface area (Å²) in [5.41, 5.74) is 0. The predicted octanol–water partition coefficient (Wildman–Crippen LogP) is 2.25. The Kier molecular flexibility index (Phi) is 1.79. The Balaban J connectivity index is 2.37. The molecule has 0 N–H and O–H groups in total. The summed E-state index contributed by atoms with van der Waals surface area (Å²) >= 11 is 6.63. The van der Waals surface area contributed by atoms with E-state index in [1.807, 2.05) is 0 Å². The second kappa shape index (κ2) is 2.42. The van der Waals surface area contributed by atoms with Gasteiger partial charge in [-0.05, 0) is 12.8 Å². The molecule has 2 bridgehead atoms. The van der Waals surface area contributed by atoms with Gasteiger partial charge in [-0.2, -0.15) is 5.17 Å². The Morgan fingerprint density at radius 1 is 1.25 bits per heavy atom. The van der Waals surface area contributed by atoms with Crippen LogP contribution in [0.3, 0.4) is 0 Å². The first-order valence-electron chi connectivity index (χ1n) is 3.80. The molecule has 6 heteroatoms. The fourth-order valence-corrected chi connectivity index (χ4v) is 2.81. The first kappa shape index (κ1) is 8.90. The number of hydrogen-bond donors (Lipinski definition) is 0. The van der Waals surface area contributed by atoms with Crippen LogP contribution < -0.4 is 0 Å². The minimum absolute atomic E-state index is 0.509. The average Bonchev–Trinajstić information content (AvgIpc) is 2.06. The molecule has 0 aromatic carbocycles. The summed E-state index contributed by atoms with van der Waals surface area (Å²) < 4.78 is -1.27. The van der Waals surface area contributed by atoms with Crippen LogP contribution in [0.5, 0.6) is 0 Å². The fourth-order valence-electron chi connectivity index (χ4n) is 1.72. The molecule has 0 amide bonds. The summed E-state index contributed by atoms with van der Waals surface area (Å²) in [6.07, 6.45) is 2.89. The Bertz CT molecular complexity index is 238. The van der Waals surface area contributed by atoms with Gasteiger partial charge in [0.05, 0.1) is 4.91 Å². The van der Waals surface area contributed by atoms with Crippen LogP contribution in [0.1, 0.15) is 25.7 Å². The molecule has 3 aliphatic rings. The lowest BCUT2D eigenvalue weighted by molar-refractivity contribution is -0.762. The van der Waals surface area contributed by atoms with E-state index < -0.39 is 8.90 Å². The van der Waals surface area contributed by atoms with Gasteiger partial charge in [0.25, 0.3) is 4.45 Å². The third-order valence-electron chi connectivity index (χ3n) is 2.63. The van der Waals surface area contributed by atoms with Crippen molar-refractivity contribution in [3.8, 4) is 0 Å². The average molecular weight is 300 g/mol. The molecular formula is C6H8Br2N2O2. The molecule has 0 aromatic heterocycles. The molecule has 0 spiro atoms. The van der Waals surface area contributed by atoms with Crippen molar-refractivity contribution < 1.29 is 4.87 Å². The van der Waals surface area contributed by atoms with Crippen molar-refractivity contribution in [3.63, 3.8) is 0 Å². The Morgan fingerprint density at radius 3 is 2.17 bits per heavy atom. The van der Waals surface area contributed by atoms with Crippen LogP contribution in [0.25, 0.3) is 0 Å². The van der Waals surface area contributed by atoms with Crippen molar-refractivity contribution in [1.82, 2.24) is 5.17 Å². The van der Waals surface area contributed by atoms with Crippen LogP contribution >= 0.6 is 31.9 Å². The highest BCUT2D eigenvalue weighted by atomic mass is 79.9. The molecule has 2 aliphatic heterocycles. The van der Waals surface area contributed by atoms with E-state index in [0.29, 0.717) is 10.0 Å². The molecule has 0 aromatic rings. The SMILES string of the molecule is O=[N+]1N([O-])C2(Br)CCC1(Br)CC2. The molecule has 0 atom stereocenters. The minimum Gasteiger partial charge on any atom is -0.703 e. The molecule has 3 fully saturated rings. The number of hydroxylamine groups is 1. The molecule has 1 saturated carbocycles. The monoisotopic (exact) mass is 298 g/mol. The van der Waals surface area contributed by atoms with E-state index in [1.54, 1.807) is 0 Å². The maximum absolute atomic E-state index is 11.4. The molecule has 1 aliphatic carbocycles. The molecule has 0 radical (unpaired) electrons. The number of alkyl halides is 2. The van der Waals surface area contributed by atoms with Crippen molar-refractivity contribution in [1.29, 1.82) is 0 Å². The van der Waals surface area contributed by atoms with Gasteiger partial charge in [-0.15, -0.1) is 0 Å². The van der Waals surface area contributed by atoms with Crippen LogP contribution in [0, 0.1) is 10.1 Å². The normalized spacial score (nSPS) is 46.9. The van der Waals surface area contributed by atoms with E-state index in [2.05, 4.69) is 31.9 Å². The molecule has 2 heterocycles. The number of fused-ring (bicyclic) bond motifs is 3. The lowest BCUT2D eigenvalue weighted by atomic mass is 9.89. The molecule has 3 rings (SSSR count). The van der Waals surface area contributed by atoms with Gasteiger partial charge in [-0.25, -0.2) is 0 Å². The van der Waals surface area contributed by atoms with Crippen molar-refractivity contribution >= 4 is 31.9 Å². The highest BCUT2D eigenvalue weighted by Gasteiger charge is 2.61. The topological polar surface area (TPSA) is 46.4 Å². The van der Waals surface area contributed by atoms with Gasteiger partial charge in [0.2, 0.25) is 0 Å². The van der Waals surface area contributed by atoms with Gasteiger partial charge in [-0.3, -0.25) is 0 Å². The van der Waals surface area contributed by atoms with Crippen LogP contribution in [-0.2, 0) is 0 Å². The van der Waals surface area contributed by atoms with Gasteiger partial charge < -0.3 is 5.21 Å². The second-order valence-corrected chi connectivity index (χ2v) is 6.33. The van der Waals surface area contributed by atoms with Crippen LogP contribution in [0.2, 0.25) is 0 Å². The summed E-state index contributed by atoms with van der Waals surface area (Å²) in [6.45, 7) is 0. The number of rotatable bonds is 0. The fraction of sp³-hybridized carbons (Fsp3) is 1.00. The van der Waals surface area contributed by atoms with Crippen molar-refractivity contribution in [2.75, 3.05) is 0 Å². The van der Waals surface area contributed by atoms with Crippen molar-refractivity contribution in [3.05, 3.63) is 10.1 Å². The van der Waals surface area contributed by atoms with Crippen LogP contribution in [0.15, 0.2) is 0 Å². The van der Waals surface area contributed by atoms with E-state index in [-0.39, 0.29) is 0 Å². The van der Waals surface area contributed by atoms with Crippen LogP contribution in [0.4, 0.5) is 0 Å². The third kappa shape index (κ3) is 0.975. The summed E-state index contributed by atoms with van der Waals surface area (Å²) in [5, 5.41) is 11.9. The summed E-state index contributed by atoms with van der Waals surface area (Å²) in [6, 6.07) is 0. The highest BCUT2D eigenvalue weighted by molar-refractivity contribution is 9.10. The molecule has 0 unspecified atom stereocenters. The van der Waals surface area contributed by atoms with E-state index >= 15 is 0 Å². The van der Waals surface area contributed by atoms with Gasteiger partial charge in [0.15, 0.2) is 0 Å². The van der Waals surface area contributed by atoms with Crippen LogP contribution in [-0.4, -0.2) is 18.9 Å². The Morgan fingerprint density at radius 2 is 1.75 bits per heavy atom. The largest absolute Gasteiger partial charge is 0.703 e. The maximum Gasteiger partial charge on any atom is 0.295 e. The maximum atomic E-state index is 11.4. The highest BCUT2D eigenvalue weighted by Crippen LogP contribution is 2.52. The van der Waals surface area contributed by atoms with E-state index in [4.69, 9.17) is 0 Å². The smallest absolute Gasteiger partial charge is 0.295 e. The third-order valence-corrected chi connectivity index (χ3v) is 4.83. The number of hydrazine groups is 1. The number of halogens is 2. The zero-order valence-corrected chi connectivity index (χ0v) is 9.47. The summed E-state index contributed by atoms with van der Waals surface area (Å²) in [5.74, 6) is 0. The second-order valence-electron chi connectivity index (χ2n) is 3.38. The molecule has 2 saturated heterocycles. The lowest BCUT2D eigenvalue weighted by Crippen LogP contribution is -2.62. The van der Waals surface area contributed by atoms with E-state index in [9.17, 15) is 10.1 Å². The number of hydrogen-bond acceptors (Lipinski definition) is 2. The summed E-state index contributed by atoms with van der Waals surface area (Å²) in [7, 11) is 0. The van der Waals surface area contributed by atoms with Gasteiger partial charge in [0.1, 0.15) is 9.32 Å². The van der Waals surface area contributed by atoms with E-state index in [1.165, 1.54) is 0 Å². The quantitative estimate of drug-likeness (QED) is 0.391. The minimum atomic E-state index is -0.635. The molecule has 4 nitrogen and oxygen atoms in total. The first-order valence-corrected chi connectivity index (χ1v) is 5.39. The number of nitroso groups, excluding NO2 is 1. The van der Waals surface area contributed by atoms with Gasteiger partial charge in [-0.1, -0.05) is 15.9 Å². The predicted molar refractivity (Wildman–Crippen MR) is 50.6 cm³/mol. The van der Waals surface area contributed by atoms with Gasteiger partial charge >= 0.3 is 0 Å². The molecule has 12 heavy (non-hydrogen) atoms. The van der Waals surface area contributed by atoms with Crippen molar-refractivity contribution in [2.45, 2.75) is 34.6 Å². The molecular weight excluding hydrogens is 292 g/mol. The standard InChI is InChI=1S/C6H8Br2N2O2/c7-5-1-2-6(8,4-3-5)10(12)9(5)11/h1-4H2. The Labute approximate surface area is 86.7 Å². The zero-order valence-electron chi connectivity index (χ0n) is 6.30. The lowest BCUT2D eigenvalue weighted by Gasteiger charge is -2.49. The molecule has 68 valence electrons. The van der Waals surface area contributed by atoms with Gasteiger partial charge in [0, 0.05) is 28.8 Å². The first-order chi connectivity index (χ1) is 5.48. The van der Waals surface area contributed by atoms with E-state index in [0.717, 1.165) is 25.7 Å². The summed E-state index contributed by atoms with van der Waals surface area (Å²) in [4.78, 5) is 11.9.